The Balaban J connectivity index is 0.00000380. The molecule has 1 aliphatic heterocycles. The fourth-order valence-electron chi connectivity index (χ4n) is 3.80. The van der Waals surface area contributed by atoms with Crippen LogP contribution in [0.25, 0.3) is 22.0 Å². The van der Waals surface area contributed by atoms with Crippen molar-refractivity contribution in [3.05, 3.63) is 64.4 Å². The van der Waals surface area contributed by atoms with Gasteiger partial charge in [-0.15, -0.1) is 12.4 Å². The number of aromatic amines is 1. The standard InChI is InChI=1S/C25H24F3N3O5.ClH/c1-24(2,29-3)22(33)35-13-16-12-31(23(34)36-16)15-9-8-14-10-20(30-21(32)18(14)11-15)17-6-4-5-7-19(17)25(26,27)28;/h4-11,16,29H,12-13H2,1-3H3,(H,30,32);1H/t16-;/m1./s1. The molecule has 0 saturated carbocycles. The number of likely N-dealkylation sites (N-methyl/N-ethyl adjacent to an activating group) is 1. The maximum atomic E-state index is 13.4. The number of carbonyl (C=O) groups is 2. The Bertz CT molecular complexity index is 1390. The molecule has 0 bridgehead atoms. The smallest absolute Gasteiger partial charge is 0.417 e. The summed E-state index contributed by atoms with van der Waals surface area (Å²) in [7, 11) is 1.62. The van der Waals surface area contributed by atoms with Gasteiger partial charge < -0.3 is 19.8 Å². The number of aromatic nitrogens is 1. The monoisotopic (exact) mass is 539 g/mol. The molecule has 0 unspecified atom stereocenters. The number of carbonyl (C=O) groups excluding carboxylic acids is 2. The van der Waals surface area contributed by atoms with Crippen LogP contribution in [0.3, 0.4) is 0 Å². The summed E-state index contributed by atoms with van der Waals surface area (Å²) in [5, 5.41) is 3.42. The lowest BCUT2D eigenvalue weighted by Crippen LogP contribution is -2.46. The van der Waals surface area contributed by atoms with Crippen LogP contribution in [0, 0.1) is 0 Å². The molecule has 3 aromatic rings. The van der Waals surface area contributed by atoms with Gasteiger partial charge in [-0.25, -0.2) is 4.79 Å². The van der Waals surface area contributed by atoms with Gasteiger partial charge in [-0.3, -0.25) is 14.5 Å². The highest BCUT2D eigenvalue weighted by molar-refractivity contribution is 5.95. The Kier molecular flexibility index (Phi) is 7.89. The first-order chi connectivity index (χ1) is 16.9. The quantitative estimate of drug-likeness (QED) is 0.447. The van der Waals surface area contributed by atoms with Crippen molar-refractivity contribution in [1.29, 1.82) is 0 Å². The number of anilines is 1. The highest BCUT2D eigenvalue weighted by Gasteiger charge is 2.36. The number of alkyl halides is 3. The van der Waals surface area contributed by atoms with Crippen molar-refractivity contribution >= 4 is 40.9 Å². The van der Waals surface area contributed by atoms with E-state index in [0.717, 1.165) is 6.07 Å². The third-order valence-electron chi connectivity index (χ3n) is 6.07. The Morgan fingerprint density at radius 3 is 2.54 bits per heavy atom. The molecule has 0 radical (unpaired) electrons. The molecule has 1 amide bonds. The maximum Gasteiger partial charge on any atom is 0.417 e. The first-order valence-electron chi connectivity index (χ1n) is 11.1. The van der Waals surface area contributed by atoms with E-state index in [1.807, 2.05) is 0 Å². The van der Waals surface area contributed by atoms with Crippen LogP contribution in [0.1, 0.15) is 19.4 Å². The van der Waals surface area contributed by atoms with E-state index in [1.54, 1.807) is 33.0 Å². The molecular weight excluding hydrogens is 515 g/mol. The minimum atomic E-state index is -4.59. The van der Waals surface area contributed by atoms with Crippen LogP contribution >= 0.6 is 12.4 Å². The van der Waals surface area contributed by atoms with Crippen LogP contribution in [0.4, 0.5) is 23.7 Å². The zero-order valence-electron chi connectivity index (χ0n) is 20.1. The van der Waals surface area contributed by atoms with E-state index in [2.05, 4.69) is 10.3 Å². The normalized spacial score (nSPS) is 15.9. The highest BCUT2D eigenvalue weighted by Crippen LogP contribution is 2.36. The van der Waals surface area contributed by atoms with E-state index in [1.165, 1.54) is 35.2 Å². The summed E-state index contributed by atoms with van der Waals surface area (Å²) in [4.78, 5) is 41.2. The van der Waals surface area contributed by atoms with Crippen molar-refractivity contribution in [2.24, 2.45) is 0 Å². The predicted molar refractivity (Wildman–Crippen MR) is 134 cm³/mol. The first-order valence-corrected chi connectivity index (χ1v) is 11.1. The Labute approximate surface area is 216 Å². The van der Waals surface area contributed by atoms with E-state index in [-0.39, 0.29) is 42.2 Å². The molecule has 1 saturated heterocycles. The number of hydrogen-bond acceptors (Lipinski definition) is 6. The molecule has 1 aliphatic rings. The molecule has 4 rings (SSSR count). The van der Waals surface area contributed by atoms with Gasteiger partial charge in [0, 0.05) is 22.3 Å². The minimum Gasteiger partial charge on any atom is -0.460 e. The average Bonchev–Trinajstić information content (AvgIpc) is 3.22. The number of benzene rings is 2. The maximum absolute atomic E-state index is 13.4. The molecule has 12 heteroatoms. The molecule has 1 fully saturated rings. The number of fused-ring (bicyclic) bond motifs is 1. The van der Waals surface area contributed by atoms with Crippen molar-refractivity contribution in [3.8, 4) is 11.3 Å². The Morgan fingerprint density at radius 2 is 1.86 bits per heavy atom. The topological polar surface area (TPSA) is 101 Å². The average molecular weight is 540 g/mol. The van der Waals surface area contributed by atoms with Gasteiger partial charge in [0.25, 0.3) is 5.56 Å². The van der Waals surface area contributed by atoms with Crippen LogP contribution in [0.15, 0.2) is 53.3 Å². The van der Waals surface area contributed by atoms with Crippen LogP contribution in [0.5, 0.6) is 0 Å². The number of ether oxygens (including phenoxy) is 2. The number of esters is 1. The molecule has 198 valence electrons. The number of H-pyrrole nitrogens is 1. The van der Waals surface area contributed by atoms with Crippen LogP contribution in [-0.2, 0) is 20.4 Å². The number of cyclic esters (lactones) is 1. The number of nitrogens with zero attached hydrogens (tertiary/aromatic N) is 1. The molecule has 1 aromatic heterocycles. The van der Waals surface area contributed by atoms with Gasteiger partial charge >= 0.3 is 18.2 Å². The lowest BCUT2D eigenvalue weighted by molar-refractivity contribution is -0.152. The zero-order chi connectivity index (χ0) is 26.3. The molecule has 2 N–H and O–H groups in total. The molecule has 37 heavy (non-hydrogen) atoms. The van der Waals surface area contributed by atoms with Gasteiger partial charge in [0.2, 0.25) is 0 Å². The van der Waals surface area contributed by atoms with E-state index in [9.17, 15) is 27.6 Å². The van der Waals surface area contributed by atoms with Crippen LogP contribution in [0.2, 0.25) is 0 Å². The number of amides is 1. The number of nitrogens with one attached hydrogen (secondary N) is 2. The number of halogens is 4. The fraction of sp³-hybridized carbons (Fsp3) is 0.320. The van der Waals surface area contributed by atoms with E-state index in [4.69, 9.17) is 9.47 Å². The lowest BCUT2D eigenvalue weighted by atomic mass is 10.0. The molecule has 0 aliphatic carbocycles. The van der Waals surface area contributed by atoms with Crippen molar-refractivity contribution in [2.75, 3.05) is 25.1 Å². The van der Waals surface area contributed by atoms with Crippen molar-refractivity contribution in [1.82, 2.24) is 10.3 Å². The molecule has 0 spiro atoms. The molecule has 1 atom stereocenters. The van der Waals surface area contributed by atoms with Crippen molar-refractivity contribution < 1.29 is 32.2 Å². The predicted octanol–water partition coefficient (Wildman–Crippen LogP) is 4.50. The summed E-state index contributed by atoms with van der Waals surface area (Å²) in [5.74, 6) is -0.500. The van der Waals surface area contributed by atoms with Gasteiger partial charge in [-0.2, -0.15) is 13.2 Å². The third kappa shape index (κ3) is 5.72. The van der Waals surface area contributed by atoms with Gasteiger partial charge in [-0.1, -0.05) is 24.3 Å². The van der Waals surface area contributed by atoms with Crippen molar-refractivity contribution in [3.63, 3.8) is 0 Å². The van der Waals surface area contributed by atoms with E-state index < -0.39 is 41.0 Å². The Morgan fingerprint density at radius 1 is 1.16 bits per heavy atom. The second kappa shape index (κ2) is 10.4. The fourth-order valence-corrected chi connectivity index (χ4v) is 3.80. The van der Waals surface area contributed by atoms with Gasteiger partial charge in [0.1, 0.15) is 12.1 Å². The third-order valence-corrected chi connectivity index (χ3v) is 6.07. The lowest BCUT2D eigenvalue weighted by Gasteiger charge is -2.22. The summed E-state index contributed by atoms with van der Waals surface area (Å²) in [5.41, 5.74) is -2.11. The number of pyridine rings is 1. The Hall–Kier alpha value is -3.57. The highest BCUT2D eigenvalue weighted by atomic mass is 35.5. The first kappa shape index (κ1) is 28.0. The zero-order valence-corrected chi connectivity index (χ0v) is 21.0. The van der Waals surface area contributed by atoms with Crippen LogP contribution in [-0.4, -0.2) is 48.9 Å². The summed E-state index contributed by atoms with van der Waals surface area (Å²) in [6, 6.07) is 11.0. The van der Waals surface area contributed by atoms with E-state index in [0.29, 0.717) is 11.1 Å². The summed E-state index contributed by atoms with van der Waals surface area (Å²) < 4.78 is 50.9. The number of rotatable bonds is 6. The summed E-state index contributed by atoms with van der Waals surface area (Å²) >= 11 is 0. The second-order valence-corrected chi connectivity index (χ2v) is 8.92. The number of hydrogen-bond donors (Lipinski definition) is 2. The SMILES string of the molecule is CNC(C)(C)C(=O)OC[C@H]1CN(c2ccc3cc(-c4ccccc4C(F)(F)F)[nH]c(=O)c3c2)C(=O)O1.Cl. The molecule has 2 aromatic carbocycles. The van der Waals surface area contributed by atoms with Gasteiger partial charge in [0.05, 0.1) is 12.1 Å². The van der Waals surface area contributed by atoms with Gasteiger partial charge in [0.15, 0.2) is 6.10 Å². The van der Waals surface area contributed by atoms with Crippen LogP contribution < -0.4 is 15.8 Å². The summed E-state index contributed by atoms with van der Waals surface area (Å²) in [6.45, 7) is 3.26. The molecule has 8 nitrogen and oxygen atoms in total. The van der Waals surface area contributed by atoms with Gasteiger partial charge in [-0.05, 0) is 50.5 Å². The largest absolute Gasteiger partial charge is 0.460 e. The van der Waals surface area contributed by atoms with E-state index >= 15 is 0 Å². The second-order valence-electron chi connectivity index (χ2n) is 8.92. The molecular formula is C25H25ClF3N3O5. The minimum absolute atomic E-state index is 0. The molecule has 2 heterocycles. The van der Waals surface area contributed by atoms with Crippen molar-refractivity contribution in [2.45, 2.75) is 31.7 Å². The summed E-state index contributed by atoms with van der Waals surface area (Å²) in [6.07, 6.45) is -5.96.